The number of pyridine rings is 1. The van der Waals surface area contributed by atoms with Crippen molar-refractivity contribution in [2.24, 2.45) is 0 Å². The number of aromatic amines is 2. The maximum Gasteiger partial charge on any atom is 0.327 e. The molecule has 0 fully saturated rings. The van der Waals surface area contributed by atoms with Crippen LogP contribution in [0.1, 0.15) is 20.8 Å². The fourth-order valence-corrected chi connectivity index (χ4v) is 3.60. The summed E-state index contributed by atoms with van der Waals surface area (Å²) in [6, 6.07) is 9.38. The van der Waals surface area contributed by atoms with E-state index in [1.165, 1.54) is 23.6 Å². The van der Waals surface area contributed by atoms with Crippen molar-refractivity contribution in [3.63, 3.8) is 0 Å². The summed E-state index contributed by atoms with van der Waals surface area (Å²) in [4.78, 5) is 49.8. The molecular formula is C19H15N5O3S. The van der Waals surface area contributed by atoms with Gasteiger partial charge in [-0.2, -0.15) is 0 Å². The minimum atomic E-state index is -0.649. The Balaban J connectivity index is 1.63. The molecule has 0 spiro atoms. The Kier molecular flexibility index (Phi) is 4.36. The number of amides is 1. The molecule has 4 rings (SSSR count). The number of nitrogens with one attached hydrogen (secondary N) is 3. The minimum Gasteiger partial charge on any atom is -0.298 e. The van der Waals surface area contributed by atoms with Crippen LogP contribution in [-0.2, 0) is 0 Å². The van der Waals surface area contributed by atoms with E-state index in [0.29, 0.717) is 5.13 Å². The van der Waals surface area contributed by atoms with Crippen LogP contribution in [0.2, 0.25) is 0 Å². The number of aryl methyl sites for hydroxylation is 2. The second kappa shape index (κ2) is 6.86. The highest BCUT2D eigenvalue weighted by Crippen LogP contribution is 2.30. The first kappa shape index (κ1) is 17.8. The largest absolute Gasteiger partial charge is 0.327 e. The average molecular weight is 393 g/mol. The molecule has 3 N–H and O–H groups in total. The van der Waals surface area contributed by atoms with E-state index >= 15 is 0 Å². The molecule has 140 valence electrons. The van der Waals surface area contributed by atoms with Gasteiger partial charge in [0.05, 0.1) is 16.6 Å². The van der Waals surface area contributed by atoms with Gasteiger partial charge >= 0.3 is 5.69 Å². The first-order chi connectivity index (χ1) is 13.4. The van der Waals surface area contributed by atoms with Gasteiger partial charge in [0.1, 0.15) is 5.65 Å². The van der Waals surface area contributed by atoms with Crippen molar-refractivity contribution >= 4 is 33.4 Å². The Morgan fingerprint density at radius 1 is 1.11 bits per heavy atom. The maximum absolute atomic E-state index is 12.6. The lowest BCUT2D eigenvalue weighted by Gasteiger charge is -2.03. The third kappa shape index (κ3) is 3.35. The van der Waals surface area contributed by atoms with E-state index in [2.05, 4.69) is 25.3 Å². The summed E-state index contributed by atoms with van der Waals surface area (Å²) in [7, 11) is 0. The lowest BCUT2D eigenvalue weighted by Crippen LogP contribution is -2.23. The normalized spacial score (nSPS) is 10.9. The SMILES string of the molecule is Cc1ccc(-c2nc(NC(=O)c3cnc4[nH]c(=O)[nH]c(=O)c4c3)sc2C)cc1. The van der Waals surface area contributed by atoms with Crippen molar-refractivity contribution in [1.29, 1.82) is 0 Å². The number of fused-ring (bicyclic) bond motifs is 1. The van der Waals surface area contributed by atoms with Gasteiger partial charge in [0.25, 0.3) is 11.5 Å². The molecule has 0 aliphatic rings. The number of aromatic nitrogens is 4. The van der Waals surface area contributed by atoms with E-state index < -0.39 is 17.2 Å². The van der Waals surface area contributed by atoms with Crippen molar-refractivity contribution in [1.82, 2.24) is 19.9 Å². The molecule has 28 heavy (non-hydrogen) atoms. The third-order valence-electron chi connectivity index (χ3n) is 4.20. The summed E-state index contributed by atoms with van der Waals surface area (Å²) < 4.78 is 0. The van der Waals surface area contributed by atoms with Gasteiger partial charge in [0, 0.05) is 16.6 Å². The van der Waals surface area contributed by atoms with Gasteiger partial charge in [-0.05, 0) is 19.9 Å². The van der Waals surface area contributed by atoms with Crippen LogP contribution in [0, 0.1) is 13.8 Å². The highest BCUT2D eigenvalue weighted by atomic mass is 32.1. The van der Waals surface area contributed by atoms with Gasteiger partial charge in [-0.25, -0.2) is 14.8 Å². The van der Waals surface area contributed by atoms with Crippen LogP contribution in [-0.4, -0.2) is 25.8 Å². The van der Waals surface area contributed by atoms with Gasteiger partial charge in [-0.3, -0.25) is 24.9 Å². The van der Waals surface area contributed by atoms with Crippen molar-refractivity contribution in [2.75, 3.05) is 5.32 Å². The summed E-state index contributed by atoms with van der Waals surface area (Å²) in [6.07, 6.45) is 1.30. The smallest absolute Gasteiger partial charge is 0.298 e. The molecule has 0 saturated heterocycles. The summed E-state index contributed by atoms with van der Waals surface area (Å²) in [6.45, 7) is 3.96. The topological polar surface area (TPSA) is 121 Å². The molecule has 0 saturated carbocycles. The molecule has 8 nitrogen and oxygen atoms in total. The molecule has 1 amide bonds. The van der Waals surface area contributed by atoms with Crippen molar-refractivity contribution in [2.45, 2.75) is 13.8 Å². The van der Waals surface area contributed by atoms with Crippen LogP contribution in [0.4, 0.5) is 5.13 Å². The number of carbonyl (C=O) groups excluding carboxylic acids is 1. The van der Waals surface area contributed by atoms with Crippen LogP contribution < -0.4 is 16.6 Å². The van der Waals surface area contributed by atoms with Gasteiger partial charge in [0.15, 0.2) is 5.13 Å². The van der Waals surface area contributed by atoms with E-state index in [1.54, 1.807) is 0 Å². The molecule has 3 heterocycles. The number of hydrogen-bond acceptors (Lipinski definition) is 6. The molecule has 0 aliphatic heterocycles. The van der Waals surface area contributed by atoms with E-state index in [9.17, 15) is 14.4 Å². The van der Waals surface area contributed by atoms with Crippen LogP contribution in [0.15, 0.2) is 46.1 Å². The first-order valence-electron chi connectivity index (χ1n) is 8.39. The molecule has 0 aliphatic carbocycles. The fraction of sp³-hybridized carbons (Fsp3) is 0.105. The van der Waals surface area contributed by atoms with E-state index in [1.807, 2.05) is 38.1 Å². The summed E-state index contributed by atoms with van der Waals surface area (Å²) in [5.74, 6) is -0.441. The number of benzene rings is 1. The van der Waals surface area contributed by atoms with Crippen molar-refractivity contribution in [3.8, 4) is 11.3 Å². The Bertz CT molecular complexity index is 1320. The number of hydrogen-bond donors (Lipinski definition) is 3. The molecule has 3 aromatic heterocycles. The second-order valence-corrected chi connectivity index (χ2v) is 7.48. The summed E-state index contributed by atoms with van der Waals surface area (Å²) >= 11 is 1.37. The van der Waals surface area contributed by atoms with Crippen molar-refractivity contribution in [3.05, 3.63) is 73.4 Å². The van der Waals surface area contributed by atoms with E-state index in [-0.39, 0.29) is 16.6 Å². The highest BCUT2D eigenvalue weighted by Gasteiger charge is 2.15. The van der Waals surface area contributed by atoms with Crippen LogP contribution in [0.25, 0.3) is 22.3 Å². The van der Waals surface area contributed by atoms with E-state index in [4.69, 9.17) is 0 Å². The predicted molar refractivity (Wildman–Crippen MR) is 108 cm³/mol. The molecular weight excluding hydrogens is 378 g/mol. The Hall–Kier alpha value is -3.59. The Labute approximate surface area is 162 Å². The zero-order valence-corrected chi connectivity index (χ0v) is 15.8. The molecule has 0 bridgehead atoms. The summed E-state index contributed by atoms with van der Waals surface area (Å²) in [5.41, 5.74) is 2.00. The zero-order valence-electron chi connectivity index (χ0n) is 15.0. The minimum absolute atomic E-state index is 0.122. The number of nitrogens with zero attached hydrogens (tertiary/aromatic N) is 2. The molecule has 4 aromatic rings. The molecule has 0 atom stereocenters. The standard InChI is InChI=1S/C19H15N5O3S/c1-9-3-5-11(6-4-9)14-10(2)28-19(21-14)24-16(25)12-7-13-15(20-8-12)22-18(27)23-17(13)26/h3-8H,1-2H3,(H,21,24,25)(H2,20,22,23,26,27). The zero-order chi connectivity index (χ0) is 19.8. The van der Waals surface area contributed by atoms with Crippen LogP contribution in [0.5, 0.6) is 0 Å². The number of carbonyl (C=O) groups is 1. The van der Waals surface area contributed by atoms with Gasteiger partial charge in [-0.1, -0.05) is 29.8 Å². The average Bonchev–Trinajstić information content (AvgIpc) is 3.02. The third-order valence-corrected chi connectivity index (χ3v) is 5.08. The van der Waals surface area contributed by atoms with Gasteiger partial charge in [0.2, 0.25) is 0 Å². The quantitative estimate of drug-likeness (QED) is 0.494. The molecule has 0 unspecified atom stereocenters. The lowest BCUT2D eigenvalue weighted by atomic mass is 10.1. The maximum atomic E-state index is 12.6. The number of anilines is 1. The summed E-state index contributed by atoms with van der Waals surface area (Å²) in [5, 5.41) is 3.32. The Morgan fingerprint density at radius 2 is 1.86 bits per heavy atom. The van der Waals surface area contributed by atoms with Gasteiger partial charge < -0.3 is 0 Å². The van der Waals surface area contributed by atoms with Crippen molar-refractivity contribution < 1.29 is 4.79 Å². The molecule has 1 aromatic carbocycles. The van der Waals surface area contributed by atoms with Crippen LogP contribution in [0.3, 0.4) is 0 Å². The fourth-order valence-electron chi connectivity index (χ4n) is 2.77. The first-order valence-corrected chi connectivity index (χ1v) is 9.20. The lowest BCUT2D eigenvalue weighted by molar-refractivity contribution is 0.102. The van der Waals surface area contributed by atoms with E-state index in [0.717, 1.165) is 21.7 Å². The van der Waals surface area contributed by atoms with Gasteiger partial charge in [-0.15, -0.1) is 11.3 Å². The highest BCUT2D eigenvalue weighted by molar-refractivity contribution is 7.16. The van der Waals surface area contributed by atoms with Crippen LogP contribution >= 0.6 is 11.3 Å². The Morgan fingerprint density at radius 3 is 2.61 bits per heavy atom. The molecule has 0 radical (unpaired) electrons. The predicted octanol–water partition coefficient (Wildman–Crippen LogP) is 2.60. The number of rotatable bonds is 3. The second-order valence-electron chi connectivity index (χ2n) is 6.27. The number of H-pyrrole nitrogens is 2. The monoisotopic (exact) mass is 393 g/mol. The number of thiazole rings is 1. The molecule has 9 heteroatoms.